The molecule has 136 valence electrons. The highest BCUT2D eigenvalue weighted by atomic mass is 16.5. The van der Waals surface area contributed by atoms with Crippen LogP contribution in [0.5, 0.6) is 5.75 Å². The summed E-state index contributed by atoms with van der Waals surface area (Å²) in [5.74, 6) is -3.79. The molecular weight excluding hydrogens is 336 g/mol. The molecule has 1 atom stereocenters. The molecule has 26 heavy (non-hydrogen) atoms. The Bertz CT molecular complexity index is 769. The zero-order valence-corrected chi connectivity index (χ0v) is 14.6. The molecule has 0 fully saturated rings. The van der Waals surface area contributed by atoms with Crippen molar-refractivity contribution in [2.75, 3.05) is 13.7 Å². The van der Waals surface area contributed by atoms with E-state index in [-0.39, 0.29) is 6.61 Å². The minimum Gasteiger partial charge on any atom is -0.489 e. The molecule has 2 rings (SSSR count). The number of benzene rings is 2. The van der Waals surface area contributed by atoms with Crippen LogP contribution >= 0.6 is 0 Å². The lowest BCUT2D eigenvalue weighted by atomic mass is 9.94. The van der Waals surface area contributed by atoms with Crippen LogP contribution in [0.4, 0.5) is 0 Å². The number of rotatable bonds is 8. The highest BCUT2D eigenvalue weighted by Crippen LogP contribution is 2.24. The molecule has 6 heteroatoms. The van der Waals surface area contributed by atoms with Gasteiger partial charge in [-0.1, -0.05) is 42.5 Å². The highest BCUT2D eigenvalue weighted by Gasteiger charge is 2.35. The maximum absolute atomic E-state index is 12.3. The summed E-state index contributed by atoms with van der Waals surface area (Å²) in [4.78, 5) is 36.1. The largest absolute Gasteiger partial charge is 0.489 e. The van der Waals surface area contributed by atoms with E-state index in [4.69, 9.17) is 9.47 Å². The van der Waals surface area contributed by atoms with Gasteiger partial charge in [-0.2, -0.15) is 0 Å². The molecule has 0 heterocycles. The van der Waals surface area contributed by atoms with Gasteiger partial charge in [0.15, 0.2) is 5.92 Å². The third kappa shape index (κ3) is 4.92. The molecule has 0 radical (unpaired) electrons. The van der Waals surface area contributed by atoms with E-state index >= 15 is 0 Å². The minimum atomic E-state index is -1.39. The molecule has 0 aliphatic heterocycles. The zero-order chi connectivity index (χ0) is 18.9. The van der Waals surface area contributed by atoms with E-state index in [9.17, 15) is 14.4 Å². The number of carbonyl (C=O) groups is 3. The zero-order valence-electron chi connectivity index (χ0n) is 14.6. The summed E-state index contributed by atoms with van der Waals surface area (Å²) < 4.78 is 15.1. The Kier molecular flexibility index (Phi) is 6.91. The van der Waals surface area contributed by atoms with Crippen LogP contribution in [0.15, 0.2) is 54.6 Å². The smallest absolute Gasteiger partial charge is 0.375 e. The fraction of sp³-hybridized carbons (Fsp3) is 0.250. The van der Waals surface area contributed by atoms with Gasteiger partial charge in [-0.25, -0.2) is 4.79 Å². The lowest BCUT2D eigenvalue weighted by Crippen LogP contribution is -2.30. The van der Waals surface area contributed by atoms with Gasteiger partial charge in [-0.05, 0) is 30.2 Å². The van der Waals surface area contributed by atoms with Crippen molar-refractivity contribution in [3.05, 3.63) is 65.7 Å². The number of hydrogen-bond donors (Lipinski definition) is 0. The Morgan fingerprint density at radius 3 is 2.38 bits per heavy atom. The van der Waals surface area contributed by atoms with E-state index in [1.165, 1.54) is 0 Å². The molecule has 0 N–H and O–H groups in total. The van der Waals surface area contributed by atoms with Crippen molar-refractivity contribution in [1.29, 1.82) is 0 Å². The average molecular weight is 356 g/mol. The molecule has 1 unspecified atom stereocenters. The van der Waals surface area contributed by atoms with Crippen molar-refractivity contribution >= 4 is 17.7 Å². The molecule has 0 bridgehead atoms. The number of ether oxygens (including phenoxy) is 3. The van der Waals surface area contributed by atoms with Crippen molar-refractivity contribution in [3.63, 3.8) is 0 Å². The Hall–Kier alpha value is -3.15. The van der Waals surface area contributed by atoms with Gasteiger partial charge in [0, 0.05) is 0 Å². The van der Waals surface area contributed by atoms with Gasteiger partial charge in [0.05, 0.1) is 13.7 Å². The van der Waals surface area contributed by atoms with Crippen molar-refractivity contribution < 1.29 is 28.6 Å². The van der Waals surface area contributed by atoms with Gasteiger partial charge in [-0.3, -0.25) is 9.59 Å². The first kappa shape index (κ1) is 19.2. The molecule has 6 nitrogen and oxygen atoms in total. The summed E-state index contributed by atoms with van der Waals surface area (Å²) in [6.07, 6.45) is 0. The summed E-state index contributed by atoms with van der Waals surface area (Å²) in [6, 6.07) is 16.0. The number of methoxy groups -OCH3 is 1. The van der Waals surface area contributed by atoms with Gasteiger partial charge < -0.3 is 14.2 Å². The Morgan fingerprint density at radius 2 is 1.73 bits per heavy atom. The van der Waals surface area contributed by atoms with Crippen LogP contribution < -0.4 is 4.74 Å². The van der Waals surface area contributed by atoms with Crippen LogP contribution in [-0.2, 0) is 30.5 Å². The Labute approximate surface area is 151 Å². The second kappa shape index (κ2) is 9.36. The predicted molar refractivity (Wildman–Crippen MR) is 93.6 cm³/mol. The highest BCUT2D eigenvalue weighted by molar-refractivity contribution is 6.39. The number of carbonyl (C=O) groups excluding carboxylic acids is 3. The molecule has 2 aromatic carbocycles. The van der Waals surface area contributed by atoms with Crippen LogP contribution in [0.3, 0.4) is 0 Å². The molecule has 0 amide bonds. The topological polar surface area (TPSA) is 78.9 Å². The Morgan fingerprint density at radius 1 is 1.00 bits per heavy atom. The second-order valence-electron chi connectivity index (χ2n) is 5.39. The fourth-order valence-electron chi connectivity index (χ4n) is 2.36. The van der Waals surface area contributed by atoms with E-state index in [1.807, 2.05) is 30.3 Å². The maximum atomic E-state index is 12.3. The van der Waals surface area contributed by atoms with Gasteiger partial charge in [0.25, 0.3) is 5.78 Å². The summed E-state index contributed by atoms with van der Waals surface area (Å²) in [5, 5.41) is 0. The number of Topliss-reactive ketones (excluding diaryl/α,β-unsaturated/α-hetero) is 1. The molecule has 0 saturated heterocycles. The van der Waals surface area contributed by atoms with Crippen molar-refractivity contribution in [3.8, 4) is 5.75 Å². The molecule has 0 spiro atoms. The molecule has 0 aliphatic rings. The summed E-state index contributed by atoms with van der Waals surface area (Å²) in [7, 11) is 1.16. The molecular formula is C20H20O6. The Balaban J connectivity index is 2.21. The fourth-order valence-corrected chi connectivity index (χ4v) is 2.36. The predicted octanol–water partition coefficient (Wildman–Crippen LogP) is 2.65. The van der Waals surface area contributed by atoms with Crippen LogP contribution in [0.2, 0.25) is 0 Å². The van der Waals surface area contributed by atoms with Crippen LogP contribution in [0.25, 0.3) is 0 Å². The third-order valence-corrected chi connectivity index (χ3v) is 3.62. The second-order valence-corrected chi connectivity index (χ2v) is 5.39. The number of ketones is 1. The van der Waals surface area contributed by atoms with Gasteiger partial charge in [0.1, 0.15) is 12.4 Å². The van der Waals surface area contributed by atoms with Gasteiger partial charge in [0.2, 0.25) is 0 Å². The van der Waals surface area contributed by atoms with E-state index in [2.05, 4.69) is 4.74 Å². The summed E-state index contributed by atoms with van der Waals surface area (Å²) in [6.45, 7) is 1.95. The third-order valence-electron chi connectivity index (χ3n) is 3.62. The summed E-state index contributed by atoms with van der Waals surface area (Å²) >= 11 is 0. The number of esters is 2. The average Bonchev–Trinajstić information content (AvgIpc) is 2.67. The van der Waals surface area contributed by atoms with Crippen LogP contribution in [0, 0.1) is 0 Å². The standard InChI is InChI=1S/C20H20O6/c1-3-25-20(23)18(21)17(19(22)24-2)15-10-7-11-16(12-15)26-13-14-8-5-4-6-9-14/h4-12,17H,3,13H2,1-2H3. The van der Waals surface area contributed by atoms with E-state index < -0.39 is 23.6 Å². The van der Waals surface area contributed by atoms with Gasteiger partial charge >= 0.3 is 11.9 Å². The molecule has 0 saturated carbocycles. The molecule has 2 aromatic rings. The quantitative estimate of drug-likeness (QED) is 0.411. The van der Waals surface area contributed by atoms with Crippen molar-refractivity contribution in [2.24, 2.45) is 0 Å². The monoisotopic (exact) mass is 356 g/mol. The van der Waals surface area contributed by atoms with Crippen LogP contribution in [-0.4, -0.2) is 31.4 Å². The molecule has 0 aliphatic carbocycles. The molecule has 0 aromatic heterocycles. The van der Waals surface area contributed by atoms with Crippen molar-refractivity contribution in [1.82, 2.24) is 0 Å². The van der Waals surface area contributed by atoms with Crippen LogP contribution in [0.1, 0.15) is 24.0 Å². The SMILES string of the molecule is CCOC(=O)C(=O)C(C(=O)OC)c1cccc(OCc2ccccc2)c1. The first-order valence-corrected chi connectivity index (χ1v) is 8.12. The maximum Gasteiger partial charge on any atom is 0.375 e. The lowest BCUT2D eigenvalue weighted by molar-refractivity contribution is -0.158. The first-order valence-electron chi connectivity index (χ1n) is 8.12. The normalized spacial score (nSPS) is 11.3. The van der Waals surface area contributed by atoms with Crippen molar-refractivity contribution in [2.45, 2.75) is 19.4 Å². The first-order chi connectivity index (χ1) is 12.6. The van der Waals surface area contributed by atoms with E-state index in [0.29, 0.717) is 17.9 Å². The van der Waals surface area contributed by atoms with E-state index in [1.54, 1.807) is 31.2 Å². The number of hydrogen-bond acceptors (Lipinski definition) is 6. The minimum absolute atomic E-state index is 0.0404. The van der Waals surface area contributed by atoms with E-state index in [0.717, 1.165) is 12.7 Å². The van der Waals surface area contributed by atoms with Gasteiger partial charge in [-0.15, -0.1) is 0 Å². The summed E-state index contributed by atoms with van der Waals surface area (Å²) in [5.41, 5.74) is 1.28. The lowest BCUT2D eigenvalue weighted by Gasteiger charge is -2.14.